The highest BCUT2D eigenvalue weighted by atomic mass is 35.5. The van der Waals surface area contributed by atoms with Crippen molar-refractivity contribution in [2.75, 3.05) is 5.32 Å². The maximum absolute atomic E-state index is 12.3. The second-order valence-electron chi connectivity index (χ2n) is 5.08. The van der Waals surface area contributed by atoms with E-state index < -0.39 is 11.9 Å². The summed E-state index contributed by atoms with van der Waals surface area (Å²) in [6.07, 6.45) is 0. The van der Waals surface area contributed by atoms with Crippen molar-refractivity contribution in [3.05, 3.63) is 76.0 Å². The maximum atomic E-state index is 12.3. The summed E-state index contributed by atoms with van der Waals surface area (Å²) in [5.41, 5.74) is 0.582. The Labute approximate surface area is 152 Å². The molecule has 5 nitrogen and oxygen atoms in total. The van der Waals surface area contributed by atoms with Gasteiger partial charge in [-0.3, -0.25) is 4.79 Å². The molecule has 0 saturated heterocycles. The average Bonchev–Trinajstić information content (AvgIpc) is 3.05. The van der Waals surface area contributed by atoms with Crippen LogP contribution in [0, 0.1) is 0 Å². The van der Waals surface area contributed by atoms with Gasteiger partial charge in [-0.2, -0.15) is 0 Å². The smallest absolute Gasteiger partial charge is 0.291 e. The lowest BCUT2D eigenvalue weighted by Gasteiger charge is -2.10. The summed E-state index contributed by atoms with van der Waals surface area (Å²) < 4.78 is 5.52. The van der Waals surface area contributed by atoms with Gasteiger partial charge in [-0.05, 0) is 36.4 Å². The number of benzene rings is 2. The van der Waals surface area contributed by atoms with Crippen LogP contribution in [0.3, 0.4) is 0 Å². The third kappa shape index (κ3) is 3.68. The molecule has 0 fully saturated rings. The Morgan fingerprint density at radius 1 is 1.00 bits per heavy atom. The number of carboxylic acids is 1. The zero-order chi connectivity index (χ0) is 18.0. The van der Waals surface area contributed by atoms with Crippen molar-refractivity contribution in [3.63, 3.8) is 0 Å². The number of halogens is 2. The molecule has 25 heavy (non-hydrogen) atoms. The molecule has 0 unspecified atom stereocenters. The highest BCUT2D eigenvalue weighted by Gasteiger charge is 2.15. The summed E-state index contributed by atoms with van der Waals surface area (Å²) in [4.78, 5) is 23.4. The third-order valence-corrected chi connectivity index (χ3v) is 3.97. The van der Waals surface area contributed by atoms with Crippen LogP contribution in [0.2, 0.25) is 10.0 Å². The predicted octanol–water partition coefficient (Wildman–Crippen LogP) is 3.87. The lowest BCUT2D eigenvalue weighted by atomic mass is 10.2. The van der Waals surface area contributed by atoms with Gasteiger partial charge in [0.05, 0.1) is 16.7 Å². The van der Waals surface area contributed by atoms with Gasteiger partial charge < -0.3 is 19.6 Å². The Hall–Kier alpha value is -2.76. The van der Waals surface area contributed by atoms with Gasteiger partial charge in [0.25, 0.3) is 5.91 Å². The van der Waals surface area contributed by atoms with E-state index in [9.17, 15) is 14.7 Å². The number of carbonyl (C=O) groups excluding carboxylic acids is 2. The molecule has 1 N–H and O–H groups in total. The standard InChI is InChI=1S/C18H11Cl2NO4/c19-10-5-6-11(13(20)9-10)15-7-8-16(25-15)17(22)21-14-4-2-1-3-12(14)18(23)24/h1-9H,(H,21,22)(H,23,24)/p-1. The van der Waals surface area contributed by atoms with Gasteiger partial charge in [0.2, 0.25) is 0 Å². The number of aromatic carboxylic acids is 1. The molecule has 0 bridgehead atoms. The highest BCUT2D eigenvalue weighted by Crippen LogP contribution is 2.31. The number of nitrogens with one attached hydrogen (secondary N) is 1. The van der Waals surface area contributed by atoms with E-state index in [1.54, 1.807) is 30.3 Å². The van der Waals surface area contributed by atoms with Crippen molar-refractivity contribution >= 4 is 40.8 Å². The lowest BCUT2D eigenvalue weighted by molar-refractivity contribution is -0.254. The quantitative estimate of drug-likeness (QED) is 0.751. The monoisotopic (exact) mass is 374 g/mol. The van der Waals surface area contributed by atoms with E-state index in [4.69, 9.17) is 27.6 Å². The predicted molar refractivity (Wildman–Crippen MR) is 92.9 cm³/mol. The van der Waals surface area contributed by atoms with Crippen molar-refractivity contribution < 1.29 is 19.1 Å². The molecular formula is C18H10Cl2NO4-. The first-order chi connectivity index (χ1) is 12.0. The minimum Gasteiger partial charge on any atom is -0.545 e. The Morgan fingerprint density at radius 2 is 1.76 bits per heavy atom. The molecule has 0 aliphatic heterocycles. The molecule has 0 saturated carbocycles. The van der Waals surface area contributed by atoms with E-state index in [1.807, 2.05) is 0 Å². The first-order valence-electron chi connectivity index (χ1n) is 7.12. The fourth-order valence-electron chi connectivity index (χ4n) is 2.25. The Bertz CT molecular complexity index is 965. The first-order valence-corrected chi connectivity index (χ1v) is 7.88. The number of amides is 1. The second-order valence-corrected chi connectivity index (χ2v) is 5.92. The van der Waals surface area contributed by atoms with Crippen LogP contribution in [0.4, 0.5) is 5.69 Å². The number of carboxylic acid groups (broad SMARTS) is 1. The Balaban J connectivity index is 1.85. The molecule has 126 valence electrons. The van der Waals surface area contributed by atoms with Crippen LogP contribution in [0.5, 0.6) is 0 Å². The maximum Gasteiger partial charge on any atom is 0.291 e. The molecule has 1 aromatic heterocycles. The number of para-hydroxylation sites is 1. The summed E-state index contributed by atoms with van der Waals surface area (Å²) in [7, 11) is 0. The molecule has 1 heterocycles. The number of carbonyl (C=O) groups is 2. The average molecular weight is 375 g/mol. The second kappa shape index (κ2) is 7.01. The van der Waals surface area contributed by atoms with E-state index in [2.05, 4.69) is 5.32 Å². The number of hydrogen-bond acceptors (Lipinski definition) is 4. The molecule has 0 aliphatic rings. The summed E-state index contributed by atoms with van der Waals surface area (Å²) in [5.74, 6) is -1.58. The van der Waals surface area contributed by atoms with Crippen molar-refractivity contribution in [2.24, 2.45) is 0 Å². The zero-order valence-corrected chi connectivity index (χ0v) is 14.1. The molecule has 0 radical (unpaired) electrons. The van der Waals surface area contributed by atoms with Crippen LogP contribution < -0.4 is 10.4 Å². The number of hydrogen-bond donors (Lipinski definition) is 1. The molecule has 0 aliphatic carbocycles. The van der Waals surface area contributed by atoms with E-state index in [0.717, 1.165) is 0 Å². The molecule has 3 aromatic rings. The van der Waals surface area contributed by atoms with Gasteiger partial charge in [-0.15, -0.1) is 0 Å². The van der Waals surface area contributed by atoms with Gasteiger partial charge in [-0.25, -0.2) is 0 Å². The Morgan fingerprint density at radius 3 is 2.48 bits per heavy atom. The van der Waals surface area contributed by atoms with Crippen LogP contribution in [0.1, 0.15) is 20.9 Å². The Kier molecular flexibility index (Phi) is 4.79. The van der Waals surface area contributed by atoms with E-state index in [0.29, 0.717) is 21.4 Å². The van der Waals surface area contributed by atoms with Gasteiger partial charge in [0, 0.05) is 16.1 Å². The zero-order valence-electron chi connectivity index (χ0n) is 12.6. The summed E-state index contributed by atoms with van der Waals surface area (Å²) in [6.45, 7) is 0. The summed E-state index contributed by atoms with van der Waals surface area (Å²) in [5, 5.41) is 14.4. The van der Waals surface area contributed by atoms with Crippen LogP contribution in [-0.4, -0.2) is 11.9 Å². The third-order valence-electron chi connectivity index (χ3n) is 3.42. The molecule has 3 rings (SSSR count). The molecule has 2 aromatic carbocycles. The molecular weight excluding hydrogens is 365 g/mol. The van der Waals surface area contributed by atoms with Gasteiger partial charge in [0.1, 0.15) is 5.76 Å². The summed E-state index contributed by atoms with van der Waals surface area (Å²) in [6, 6.07) is 13.9. The molecule has 7 heteroatoms. The van der Waals surface area contributed by atoms with Gasteiger partial charge >= 0.3 is 0 Å². The van der Waals surface area contributed by atoms with Crippen LogP contribution in [0.25, 0.3) is 11.3 Å². The fourth-order valence-corrected chi connectivity index (χ4v) is 2.75. The minimum absolute atomic E-state index is 0.00849. The molecule has 0 atom stereocenters. The van der Waals surface area contributed by atoms with E-state index in [-0.39, 0.29) is 17.0 Å². The number of anilines is 1. The van der Waals surface area contributed by atoms with Gasteiger partial charge in [-0.1, -0.05) is 41.4 Å². The van der Waals surface area contributed by atoms with Crippen LogP contribution in [0.15, 0.2) is 59.0 Å². The van der Waals surface area contributed by atoms with E-state index in [1.165, 1.54) is 24.3 Å². The first kappa shape index (κ1) is 17.1. The van der Waals surface area contributed by atoms with Crippen LogP contribution in [-0.2, 0) is 0 Å². The fraction of sp³-hybridized carbons (Fsp3) is 0. The normalized spacial score (nSPS) is 10.5. The van der Waals surface area contributed by atoms with Crippen molar-refractivity contribution in [1.82, 2.24) is 0 Å². The van der Waals surface area contributed by atoms with Crippen molar-refractivity contribution in [2.45, 2.75) is 0 Å². The topological polar surface area (TPSA) is 82.4 Å². The highest BCUT2D eigenvalue weighted by molar-refractivity contribution is 6.36. The SMILES string of the molecule is O=C(Nc1ccccc1C(=O)[O-])c1ccc(-c2ccc(Cl)cc2Cl)o1. The lowest BCUT2D eigenvalue weighted by Crippen LogP contribution is -2.24. The van der Waals surface area contributed by atoms with Crippen molar-refractivity contribution in [1.29, 1.82) is 0 Å². The minimum atomic E-state index is -1.39. The molecule has 1 amide bonds. The molecule has 0 spiro atoms. The van der Waals surface area contributed by atoms with E-state index >= 15 is 0 Å². The summed E-state index contributed by atoms with van der Waals surface area (Å²) >= 11 is 12.0. The number of rotatable bonds is 4. The largest absolute Gasteiger partial charge is 0.545 e. The van der Waals surface area contributed by atoms with Crippen LogP contribution >= 0.6 is 23.2 Å². The van der Waals surface area contributed by atoms with Crippen molar-refractivity contribution in [3.8, 4) is 11.3 Å². The van der Waals surface area contributed by atoms with Gasteiger partial charge in [0.15, 0.2) is 5.76 Å². The number of furan rings is 1.